The summed E-state index contributed by atoms with van der Waals surface area (Å²) in [5.41, 5.74) is 0.914. The third-order valence-corrected chi connectivity index (χ3v) is 3.52. The van der Waals surface area contributed by atoms with E-state index >= 15 is 0 Å². The Kier molecular flexibility index (Phi) is 4.57. The van der Waals surface area contributed by atoms with Gasteiger partial charge in [-0.3, -0.25) is 4.79 Å². The molecule has 0 amide bonds. The van der Waals surface area contributed by atoms with Crippen molar-refractivity contribution in [2.24, 2.45) is 5.92 Å². The van der Waals surface area contributed by atoms with Crippen LogP contribution in [0.4, 0.5) is 5.82 Å². The predicted octanol–water partition coefficient (Wildman–Crippen LogP) is 2.55. The average Bonchev–Trinajstić information content (AvgIpc) is 2.75. The number of Topliss-reactive ketones (excluding diaryl/α,β-unsaturated/α-hetero) is 1. The molecule has 0 aliphatic heterocycles. The molecule has 21 heavy (non-hydrogen) atoms. The van der Waals surface area contributed by atoms with E-state index in [4.69, 9.17) is 4.42 Å². The number of nitrogens with one attached hydrogen (secondary N) is 1. The number of carbonyl (C=O) groups is 1. The second-order valence-corrected chi connectivity index (χ2v) is 5.52. The summed E-state index contributed by atoms with van der Waals surface area (Å²) in [4.78, 5) is 20.0. The Labute approximate surface area is 123 Å². The molecule has 1 unspecified atom stereocenters. The minimum atomic E-state index is -0.367. The van der Waals surface area contributed by atoms with Gasteiger partial charge < -0.3 is 14.8 Å². The molecule has 2 rings (SSSR count). The fourth-order valence-corrected chi connectivity index (χ4v) is 2.27. The molecule has 0 spiro atoms. The molecule has 2 aromatic rings. The molecule has 114 valence electrons. The third-order valence-electron chi connectivity index (χ3n) is 3.52. The van der Waals surface area contributed by atoms with E-state index in [2.05, 4.69) is 15.3 Å². The fraction of sp³-hybridized carbons (Fsp3) is 0.533. The van der Waals surface area contributed by atoms with Crippen molar-refractivity contribution in [2.75, 3.05) is 11.9 Å². The zero-order valence-corrected chi connectivity index (χ0v) is 12.8. The molecule has 0 aliphatic rings. The van der Waals surface area contributed by atoms with Crippen LogP contribution in [0.1, 0.15) is 43.3 Å². The van der Waals surface area contributed by atoms with Gasteiger partial charge in [-0.2, -0.15) is 0 Å². The Bertz CT molecular complexity index is 649. The Morgan fingerprint density at radius 2 is 2.14 bits per heavy atom. The van der Waals surface area contributed by atoms with Gasteiger partial charge in [-0.25, -0.2) is 9.97 Å². The van der Waals surface area contributed by atoms with Crippen LogP contribution in [0, 0.1) is 12.8 Å². The van der Waals surface area contributed by atoms with E-state index in [-0.39, 0.29) is 17.8 Å². The van der Waals surface area contributed by atoms with E-state index in [1.807, 2.05) is 13.8 Å². The Morgan fingerprint density at radius 1 is 1.43 bits per heavy atom. The smallest absolute Gasteiger partial charge is 0.232 e. The highest BCUT2D eigenvalue weighted by Gasteiger charge is 2.20. The van der Waals surface area contributed by atoms with Crippen LogP contribution in [-0.2, 0) is 0 Å². The standard InChI is InChI=1S/C15H21N3O3/c1-8(2)11(20)5-6-16-14-13-12(9(3)19)10(4)21-15(13)18-7-17-14/h7-8,11,20H,5-6H2,1-4H3,(H,16,17,18). The summed E-state index contributed by atoms with van der Waals surface area (Å²) in [5.74, 6) is 1.24. The highest BCUT2D eigenvalue weighted by Crippen LogP contribution is 2.29. The maximum Gasteiger partial charge on any atom is 0.232 e. The number of aliphatic hydroxyl groups is 1. The number of hydrogen-bond acceptors (Lipinski definition) is 6. The molecule has 1 atom stereocenters. The van der Waals surface area contributed by atoms with Crippen LogP contribution in [0.3, 0.4) is 0 Å². The maximum absolute atomic E-state index is 11.8. The average molecular weight is 291 g/mol. The number of aliphatic hydroxyl groups excluding tert-OH is 1. The van der Waals surface area contributed by atoms with Gasteiger partial charge in [-0.05, 0) is 26.2 Å². The summed E-state index contributed by atoms with van der Waals surface area (Å²) < 4.78 is 5.51. The first-order chi connectivity index (χ1) is 9.91. The molecule has 0 aliphatic carbocycles. The van der Waals surface area contributed by atoms with Crippen LogP contribution in [-0.4, -0.2) is 33.5 Å². The summed E-state index contributed by atoms with van der Waals surface area (Å²) >= 11 is 0. The minimum Gasteiger partial charge on any atom is -0.442 e. The van der Waals surface area contributed by atoms with Gasteiger partial charge in [0.05, 0.1) is 17.1 Å². The number of ketones is 1. The molecule has 0 bridgehead atoms. The summed E-state index contributed by atoms with van der Waals surface area (Å²) in [5, 5.41) is 13.6. The minimum absolute atomic E-state index is 0.0775. The highest BCUT2D eigenvalue weighted by atomic mass is 16.3. The zero-order chi connectivity index (χ0) is 15.6. The van der Waals surface area contributed by atoms with Gasteiger partial charge in [0.15, 0.2) is 5.78 Å². The normalized spacial score (nSPS) is 12.9. The van der Waals surface area contributed by atoms with Crippen molar-refractivity contribution in [3.05, 3.63) is 17.7 Å². The maximum atomic E-state index is 11.8. The summed E-state index contributed by atoms with van der Waals surface area (Å²) in [6.07, 6.45) is 1.64. The number of aromatic nitrogens is 2. The van der Waals surface area contributed by atoms with Crippen molar-refractivity contribution in [3.63, 3.8) is 0 Å². The van der Waals surface area contributed by atoms with Crippen molar-refractivity contribution in [1.82, 2.24) is 9.97 Å². The molecule has 0 saturated heterocycles. The van der Waals surface area contributed by atoms with Gasteiger partial charge in [-0.15, -0.1) is 0 Å². The molecule has 2 heterocycles. The lowest BCUT2D eigenvalue weighted by Gasteiger charge is -2.14. The van der Waals surface area contributed by atoms with Gasteiger partial charge >= 0.3 is 0 Å². The van der Waals surface area contributed by atoms with Gasteiger partial charge in [0.2, 0.25) is 5.71 Å². The molecular formula is C15H21N3O3. The number of carbonyl (C=O) groups excluding carboxylic acids is 1. The van der Waals surface area contributed by atoms with Crippen molar-refractivity contribution in [1.29, 1.82) is 0 Å². The molecule has 0 fully saturated rings. The van der Waals surface area contributed by atoms with E-state index in [9.17, 15) is 9.90 Å². The van der Waals surface area contributed by atoms with E-state index in [0.29, 0.717) is 41.2 Å². The quantitative estimate of drug-likeness (QED) is 0.795. The van der Waals surface area contributed by atoms with Crippen LogP contribution in [0.5, 0.6) is 0 Å². The van der Waals surface area contributed by atoms with Crippen molar-refractivity contribution in [3.8, 4) is 0 Å². The van der Waals surface area contributed by atoms with Crippen LogP contribution in [0.25, 0.3) is 11.1 Å². The van der Waals surface area contributed by atoms with Crippen molar-refractivity contribution < 1.29 is 14.3 Å². The number of nitrogens with zero attached hydrogens (tertiary/aromatic N) is 2. The van der Waals surface area contributed by atoms with Crippen LogP contribution < -0.4 is 5.32 Å². The van der Waals surface area contributed by atoms with Crippen molar-refractivity contribution >= 4 is 22.7 Å². The first-order valence-corrected chi connectivity index (χ1v) is 7.08. The number of anilines is 1. The number of aryl methyl sites for hydroxylation is 1. The lowest BCUT2D eigenvalue weighted by Crippen LogP contribution is -2.19. The second-order valence-electron chi connectivity index (χ2n) is 5.52. The monoisotopic (exact) mass is 291 g/mol. The molecule has 6 nitrogen and oxygen atoms in total. The third kappa shape index (κ3) is 3.21. The van der Waals surface area contributed by atoms with Crippen LogP contribution in [0.15, 0.2) is 10.7 Å². The predicted molar refractivity (Wildman–Crippen MR) is 80.5 cm³/mol. The first-order valence-electron chi connectivity index (χ1n) is 7.08. The largest absolute Gasteiger partial charge is 0.442 e. The number of hydrogen-bond donors (Lipinski definition) is 2. The molecule has 0 saturated carbocycles. The van der Waals surface area contributed by atoms with Gasteiger partial charge in [0.25, 0.3) is 0 Å². The summed E-state index contributed by atoms with van der Waals surface area (Å²) in [6, 6.07) is 0. The van der Waals surface area contributed by atoms with E-state index in [1.54, 1.807) is 6.92 Å². The fourth-order valence-electron chi connectivity index (χ4n) is 2.27. The number of furan rings is 1. The molecule has 2 N–H and O–H groups in total. The highest BCUT2D eigenvalue weighted by molar-refractivity contribution is 6.09. The molecule has 0 aromatic carbocycles. The topological polar surface area (TPSA) is 88.2 Å². The van der Waals surface area contributed by atoms with Gasteiger partial charge in [0, 0.05) is 6.54 Å². The van der Waals surface area contributed by atoms with Crippen molar-refractivity contribution in [2.45, 2.75) is 40.2 Å². The molecule has 2 aromatic heterocycles. The first kappa shape index (κ1) is 15.4. The number of fused-ring (bicyclic) bond motifs is 1. The SMILES string of the molecule is CC(=O)c1c(C)oc2ncnc(NCCC(O)C(C)C)c12. The Balaban J connectivity index is 2.26. The summed E-state index contributed by atoms with van der Waals surface area (Å²) in [7, 11) is 0. The zero-order valence-electron chi connectivity index (χ0n) is 12.8. The van der Waals surface area contributed by atoms with Crippen LogP contribution >= 0.6 is 0 Å². The molecule has 0 radical (unpaired) electrons. The lowest BCUT2D eigenvalue weighted by molar-refractivity contribution is 0.101. The van der Waals surface area contributed by atoms with Gasteiger partial charge in [0.1, 0.15) is 17.9 Å². The molecular weight excluding hydrogens is 270 g/mol. The van der Waals surface area contributed by atoms with Gasteiger partial charge in [-0.1, -0.05) is 13.8 Å². The van der Waals surface area contributed by atoms with E-state index in [0.717, 1.165) is 0 Å². The van der Waals surface area contributed by atoms with E-state index < -0.39 is 0 Å². The second kappa shape index (κ2) is 6.22. The van der Waals surface area contributed by atoms with Crippen LogP contribution in [0.2, 0.25) is 0 Å². The molecule has 6 heteroatoms. The Hall–Kier alpha value is -1.95. The lowest BCUT2D eigenvalue weighted by atomic mass is 10.0. The Morgan fingerprint density at radius 3 is 2.76 bits per heavy atom. The summed E-state index contributed by atoms with van der Waals surface area (Å²) in [6.45, 7) is 7.75. The van der Waals surface area contributed by atoms with E-state index in [1.165, 1.54) is 13.3 Å². The number of rotatable bonds is 6.